The van der Waals surface area contributed by atoms with E-state index in [0.717, 1.165) is 23.5 Å². The fraction of sp³-hybridized carbons (Fsp3) is 0.533. The average molecular weight is 297 g/mol. The Labute approximate surface area is 124 Å². The number of amides is 1. The van der Waals surface area contributed by atoms with E-state index in [1.54, 1.807) is 18.7 Å². The summed E-state index contributed by atoms with van der Waals surface area (Å²) in [4.78, 5) is 11.8. The third-order valence-electron chi connectivity index (χ3n) is 2.70. The van der Waals surface area contributed by atoms with Crippen LogP contribution in [0.25, 0.3) is 0 Å². The van der Waals surface area contributed by atoms with Gasteiger partial charge in [-0.1, -0.05) is 17.7 Å². The Hall–Kier alpha value is -1.20. The van der Waals surface area contributed by atoms with E-state index in [0.29, 0.717) is 12.3 Å². The van der Waals surface area contributed by atoms with E-state index in [-0.39, 0.29) is 12.5 Å². The van der Waals surface area contributed by atoms with Crippen molar-refractivity contribution < 1.29 is 14.6 Å². The van der Waals surface area contributed by atoms with Gasteiger partial charge in [0.25, 0.3) is 5.91 Å². The highest BCUT2D eigenvalue weighted by Crippen LogP contribution is 2.13. The molecule has 0 radical (unpaired) electrons. The van der Waals surface area contributed by atoms with Gasteiger partial charge in [-0.2, -0.15) is 11.8 Å². The molecule has 4 nitrogen and oxygen atoms in total. The van der Waals surface area contributed by atoms with Gasteiger partial charge in [0.15, 0.2) is 6.10 Å². The molecule has 0 aliphatic rings. The van der Waals surface area contributed by atoms with E-state index in [1.807, 2.05) is 31.2 Å². The fourth-order valence-corrected chi connectivity index (χ4v) is 2.32. The maximum absolute atomic E-state index is 11.8. The molecule has 0 bridgehead atoms. The van der Waals surface area contributed by atoms with E-state index in [9.17, 15) is 4.79 Å². The van der Waals surface area contributed by atoms with E-state index < -0.39 is 6.10 Å². The van der Waals surface area contributed by atoms with Gasteiger partial charge in [0, 0.05) is 18.9 Å². The second-order valence-corrected chi connectivity index (χ2v) is 5.78. The maximum atomic E-state index is 11.8. The summed E-state index contributed by atoms with van der Waals surface area (Å²) in [5.41, 5.74) is 1.16. The molecule has 0 aliphatic heterocycles. The average Bonchev–Trinajstić information content (AvgIpc) is 2.45. The number of rotatable bonds is 9. The third-order valence-corrected chi connectivity index (χ3v) is 3.77. The van der Waals surface area contributed by atoms with E-state index >= 15 is 0 Å². The number of ether oxygens (including phenoxy) is 1. The summed E-state index contributed by atoms with van der Waals surface area (Å²) >= 11 is 1.72. The standard InChI is InChI=1S/C15H23NO3S/c1-12-4-6-14(7-5-12)19-13(2)15(18)16-8-11-20-10-3-9-17/h4-7,13,17H,3,8-11H2,1-2H3,(H,16,18). The summed E-state index contributed by atoms with van der Waals surface area (Å²) in [5.74, 6) is 2.37. The zero-order chi connectivity index (χ0) is 14.8. The smallest absolute Gasteiger partial charge is 0.260 e. The normalized spacial score (nSPS) is 11.9. The van der Waals surface area contributed by atoms with Crippen LogP contribution >= 0.6 is 11.8 Å². The molecule has 0 aliphatic carbocycles. The number of hydrogen-bond donors (Lipinski definition) is 2. The van der Waals surface area contributed by atoms with Crippen LogP contribution in [0.15, 0.2) is 24.3 Å². The molecule has 112 valence electrons. The summed E-state index contributed by atoms with van der Waals surface area (Å²) in [6.45, 7) is 4.60. The molecule has 0 fully saturated rings. The van der Waals surface area contributed by atoms with Crippen LogP contribution in [0.1, 0.15) is 18.9 Å². The fourth-order valence-electron chi connectivity index (χ4n) is 1.53. The number of aryl methyl sites for hydroxylation is 1. The lowest BCUT2D eigenvalue weighted by molar-refractivity contribution is -0.127. The molecule has 1 aromatic rings. The minimum atomic E-state index is -0.500. The van der Waals surface area contributed by atoms with Crippen LogP contribution in [-0.2, 0) is 4.79 Å². The zero-order valence-corrected chi connectivity index (χ0v) is 12.9. The van der Waals surface area contributed by atoms with Crippen molar-refractivity contribution in [2.45, 2.75) is 26.4 Å². The van der Waals surface area contributed by atoms with Gasteiger partial charge in [0.05, 0.1) is 0 Å². The van der Waals surface area contributed by atoms with Crippen molar-refractivity contribution in [3.8, 4) is 5.75 Å². The molecule has 1 aromatic carbocycles. The number of hydrogen-bond acceptors (Lipinski definition) is 4. The minimum Gasteiger partial charge on any atom is -0.481 e. The van der Waals surface area contributed by atoms with Crippen LogP contribution in [0.5, 0.6) is 5.75 Å². The van der Waals surface area contributed by atoms with Crippen LogP contribution in [0.3, 0.4) is 0 Å². The Balaban J connectivity index is 2.20. The summed E-state index contributed by atoms with van der Waals surface area (Å²) in [6.07, 6.45) is 0.297. The number of aliphatic hydroxyl groups is 1. The molecular weight excluding hydrogens is 274 g/mol. The first-order valence-corrected chi connectivity index (χ1v) is 7.98. The number of aliphatic hydroxyl groups excluding tert-OH is 1. The highest BCUT2D eigenvalue weighted by atomic mass is 32.2. The molecule has 1 rings (SSSR count). The summed E-state index contributed by atoms with van der Waals surface area (Å²) in [7, 11) is 0. The van der Waals surface area contributed by atoms with Crippen LogP contribution in [0.4, 0.5) is 0 Å². The predicted molar refractivity (Wildman–Crippen MR) is 83.3 cm³/mol. The first-order valence-electron chi connectivity index (χ1n) is 6.83. The molecule has 5 heteroatoms. The van der Waals surface area contributed by atoms with Crippen LogP contribution < -0.4 is 10.1 Å². The second-order valence-electron chi connectivity index (χ2n) is 4.55. The molecule has 0 spiro atoms. The van der Waals surface area contributed by atoms with Crippen LogP contribution in [0, 0.1) is 6.92 Å². The predicted octanol–water partition coefficient (Wildman–Crippen LogP) is 1.99. The molecule has 2 N–H and O–H groups in total. The monoisotopic (exact) mass is 297 g/mol. The topological polar surface area (TPSA) is 58.6 Å². The molecule has 20 heavy (non-hydrogen) atoms. The molecule has 1 atom stereocenters. The Kier molecular flexibility index (Phi) is 8.14. The van der Waals surface area contributed by atoms with Crippen molar-refractivity contribution in [2.75, 3.05) is 24.7 Å². The largest absolute Gasteiger partial charge is 0.481 e. The molecule has 0 saturated carbocycles. The van der Waals surface area contributed by atoms with Gasteiger partial charge in [0.1, 0.15) is 5.75 Å². The van der Waals surface area contributed by atoms with Gasteiger partial charge in [-0.3, -0.25) is 4.79 Å². The number of thioether (sulfide) groups is 1. The number of carbonyl (C=O) groups is 1. The van der Waals surface area contributed by atoms with Gasteiger partial charge < -0.3 is 15.2 Å². The number of carbonyl (C=O) groups excluding carboxylic acids is 1. The van der Waals surface area contributed by atoms with Crippen molar-refractivity contribution >= 4 is 17.7 Å². The van der Waals surface area contributed by atoms with Gasteiger partial charge >= 0.3 is 0 Å². The SMILES string of the molecule is Cc1ccc(OC(C)C(=O)NCCSCCCO)cc1. The van der Waals surface area contributed by atoms with Crippen molar-refractivity contribution in [3.63, 3.8) is 0 Å². The minimum absolute atomic E-state index is 0.103. The zero-order valence-electron chi connectivity index (χ0n) is 12.1. The van der Waals surface area contributed by atoms with E-state index in [1.165, 1.54) is 0 Å². The lowest BCUT2D eigenvalue weighted by Gasteiger charge is -2.14. The van der Waals surface area contributed by atoms with Crippen LogP contribution in [0.2, 0.25) is 0 Å². The number of benzene rings is 1. The molecule has 0 aromatic heterocycles. The Morgan fingerprint density at radius 3 is 2.70 bits per heavy atom. The first kappa shape index (κ1) is 16.9. The Morgan fingerprint density at radius 2 is 2.05 bits per heavy atom. The van der Waals surface area contributed by atoms with Crippen molar-refractivity contribution in [1.29, 1.82) is 0 Å². The highest BCUT2D eigenvalue weighted by Gasteiger charge is 2.13. The van der Waals surface area contributed by atoms with Gasteiger partial charge in [0.2, 0.25) is 0 Å². The Bertz CT molecular complexity index is 395. The van der Waals surface area contributed by atoms with Crippen molar-refractivity contribution in [2.24, 2.45) is 0 Å². The van der Waals surface area contributed by atoms with Crippen LogP contribution in [-0.4, -0.2) is 41.8 Å². The van der Waals surface area contributed by atoms with Crippen molar-refractivity contribution in [1.82, 2.24) is 5.32 Å². The molecular formula is C15H23NO3S. The lowest BCUT2D eigenvalue weighted by Crippen LogP contribution is -2.37. The van der Waals surface area contributed by atoms with Crippen molar-refractivity contribution in [3.05, 3.63) is 29.8 Å². The summed E-state index contributed by atoms with van der Waals surface area (Å²) in [6, 6.07) is 7.64. The quantitative estimate of drug-likeness (QED) is 0.684. The van der Waals surface area contributed by atoms with Gasteiger partial charge in [-0.25, -0.2) is 0 Å². The maximum Gasteiger partial charge on any atom is 0.260 e. The Morgan fingerprint density at radius 1 is 1.35 bits per heavy atom. The molecule has 0 saturated heterocycles. The molecule has 1 amide bonds. The summed E-state index contributed by atoms with van der Waals surface area (Å²) < 4.78 is 5.57. The van der Waals surface area contributed by atoms with E-state index in [4.69, 9.17) is 9.84 Å². The highest BCUT2D eigenvalue weighted by molar-refractivity contribution is 7.99. The molecule has 0 heterocycles. The van der Waals surface area contributed by atoms with Gasteiger partial charge in [-0.05, 0) is 38.2 Å². The lowest BCUT2D eigenvalue weighted by atomic mass is 10.2. The first-order chi connectivity index (χ1) is 9.63. The molecule has 1 unspecified atom stereocenters. The van der Waals surface area contributed by atoms with E-state index in [2.05, 4.69) is 5.32 Å². The third kappa shape index (κ3) is 6.82. The second kappa shape index (κ2) is 9.66. The number of nitrogens with one attached hydrogen (secondary N) is 1. The summed E-state index contributed by atoms with van der Waals surface area (Å²) in [5, 5.41) is 11.5. The van der Waals surface area contributed by atoms with Gasteiger partial charge in [-0.15, -0.1) is 0 Å².